The van der Waals surface area contributed by atoms with Crippen LogP contribution in [0.25, 0.3) is 11.0 Å². The molecule has 1 saturated heterocycles. The minimum Gasteiger partial charge on any atom is -0.379 e. The number of nitrogens with two attached hydrogens (primary N) is 1. The van der Waals surface area contributed by atoms with Crippen LogP contribution in [-0.2, 0) is 20.1 Å². The first-order valence-electron chi connectivity index (χ1n) is 6.88. The fourth-order valence-electron chi connectivity index (χ4n) is 3.05. The Morgan fingerprint density at radius 3 is 2.81 bits per heavy atom. The second-order valence-corrected chi connectivity index (χ2v) is 7.84. The molecule has 1 aromatic carbocycles. The molecule has 7 heteroatoms. The van der Waals surface area contributed by atoms with Gasteiger partial charge >= 0.3 is 0 Å². The van der Waals surface area contributed by atoms with E-state index in [9.17, 15) is 8.42 Å². The van der Waals surface area contributed by atoms with Crippen molar-refractivity contribution in [3.05, 3.63) is 18.2 Å². The van der Waals surface area contributed by atoms with Crippen LogP contribution in [0.1, 0.15) is 19.8 Å². The van der Waals surface area contributed by atoms with Crippen LogP contribution >= 0.6 is 0 Å². The third kappa shape index (κ3) is 2.30. The normalized spacial score (nSPS) is 23.5. The standard InChI is InChI=1S/C14H19N3O3S/c1-14(7-4-8-20-9-14)17-10-5-3-6-11(21(2,18)19)12(10)16-13(17)15/h3,5-6H,4,7-9H2,1-2H3,(H2,15,16). The van der Waals surface area contributed by atoms with Crippen LogP contribution in [0.2, 0.25) is 0 Å². The molecule has 1 aliphatic rings. The zero-order valence-electron chi connectivity index (χ0n) is 12.2. The Kier molecular flexibility index (Phi) is 3.22. The Labute approximate surface area is 123 Å². The summed E-state index contributed by atoms with van der Waals surface area (Å²) < 4.78 is 31.3. The number of para-hydroxylation sites is 1. The molecule has 114 valence electrons. The predicted molar refractivity (Wildman–Crippen MR) is 81.0 cm³/mol. The van der Waals surface area contributed by atoms with E-state index in [1.54, 1.807) is 12.1 Å². The molecule has 1 aliphatic heterocycles. The molecule has 21 heavy (non-hydrogen) atoms. The van der Waals surface area contributed by atoms with E-state index in [0.29, 0.717) is 18.1 Å². The van der Waals surface area contributed by atoms with Crippen molar-refractivity contribution >= 4 is 26.8 Å². The van der Waals surface area contributed by atoms with Crippen LogP contribution in [0.4, 0.5) is 5.95 Å². The van der Waals surface area contributed by atoms with Gasteiger partial charge in [0.25, 0.3) is 0 Å². The number of nitrogens with zero attached hydrogens (tertiary/aromatic N) is 2. The zero-order chi connectivity index (χ0) is 15.3. The zero-order valence-corrected chi connectivity index (χ0v) is 13.0. The highest BCUT2D eigenvalue weighted by molar-refractivity contribution is 7.91. The molecule has 0 bridgehead atoms. The third-order valence-corrected chi connectivity index (χ3v) is 5.16. The highest BCUT2D eigenvalue weighted by Gasteiger charge is 2.33. The molecule has 1 aromatic heterocycles. The monoisotopic (exact) mass is 309 g/mol. The van der Waals surface area contributed by atoms with E-state index in [1.165, 1.54) is 6.26 Å². The van der Waals surface area contributed by atoms with Crippen molar-refractivity contribution in [2.24, 2.45) is 0 Å². The number of benzene rings is 1. The van der Waals surface area contributed by atoms with Gasteiger partial charge in [-0.25, -0.2) is 13.4 Å². The van der Waals surface area contributed by atoms with Crippen LogP contribution in [-0.4, -0.2) is 37.4 Å². The Morgan fingerprint density at radius 2 is 2.19 bits per heavy atom. The van der Waals surface area contributed by atoms with Gasteiger partial charge in [-0.05, 0) is 31.9 Å². The van der Waals surface area contributed by atoms with E-state index >= 15 is 0 Å². The average molecular weight is 309 g/mol. The largest absolute Gasteiger partial charge is 0.379 e. The summed E-state index contributed by atoms with van der Waals surface area (Å²) in [6, 6.07) is 5.14. The van der Waals surface area contributed by atoms with Gasteiger partial charge in [-0.15, -0.1) is 0 Å². The number of sulfone groups is 1. The summed E-state index contributed by atoms with van der Waals surface area (Å²) >= 11 is 0. The lowest BCUT2D eigenvalue weighted by atomic mass is 9.94. The Bertz CT molecular complexity index is 789. The molecule has 0 aliphatic carbocycles. The fourth-order valence-corrected chi connectivity index (χ4v) is 3.88. The molecule has 0 spiro atoms. The molecule has 6 nitrogen and oxygen atoms in total. The van der Waals surface area contributed by atoms with Crippen LogP contribution in [0, 0.1) is 0 Å². The number of hydrogen-bond acceptors (Lipinski definition) is 5. The molecule has 0 amide bonds. The second kappa shape index (κ2) is 4.71. The van der Waals surface area contributed by atoms with Gasteiger partial charge in [0.1, 0.15) is 5.52 Å². The summed E-state index contributed by atoms with van der Waals surface area (Å²) in [5.74, 6) is 0.328. The second-order valence-electron chi connectivity index (χ2n) is 5.85. The fraction of sp³-hybridized carbons (Fsp3) is 0.500. The first-order valence-corrected chi connectivity index (χ1v) is 8.77. The SMILES string of the molecule is CC1(n2c(N)nc3c(S(C)(=O)=O)cccc32)CCCOC1. The lowest BCUT2D eigenvalue weighted by Crippen LogP contribution is -2.39. The van der Waals surface area contributed by atoms with E-state index in [4.69, 9.17) is 10.5 Å². The van der Waals surface area contributed by atoms with Crippen molar-refractivity contribution in [3.63, 3.8) is 0 Å². The van der Waals surface area contributed by atoms with E-state index in [-0.39, 0.29) is 10.4 Å². The summed E-state index contributed by atoms with van der Waals surface area (Å²) in [6.45, 7) is 3.36. The van der Waals surface area contributed by atoms with Gasteiger partial charge in [-0.1, -0.05) is 6.07 Å². The molecule has 1 unspecified atom stereocenters. The van der Waals surface area contributed by atoms with E-state index < -0.39 is 9.84 Å². The average Bonchev–Trinajstić information content (AvgIpc) is 2.74. The number of aromatic nitrogens is 2. The first-order chi connectivity index (χ1) is 9.83. The van der Waals surface area contributed by atoms with E-state index in [0.717, 1.165) is 25.0 Å². The summed E-state index contributed by atoms with van der Waals surface area (Å²) in [5, 5.41) is 0. The van der Waals surface area contributed by atoms with Crippen LogP contribution in [0.3, 0.4) is 0 Å². The van der Waals surface area contributed by atoms with Crippen LogP contribution < -0.4 is 5.73 Å². The quantitative estimate of drug-likeness (QED) is 0.909. The van der Waals surface area contributed by atoms with Crippen LogP contribution in [0.5, 0.6) is 0 Å². The number of anilines is 1. The molecule has 0 radical (unpaired) electrons. The van der Waals surface area contributed by atoms with Gasteiger partial charge in [0.2, 0.25) is 5.95 Å². The molecule has 2 aromatic rings. The maximum Gasteiger partial charge on any atom is 0.201 e. The predicted octanol–water partition coefficient (Wildman–Crippen LogP) is 1.55. The molecule has 2 N–H and O–H groups in total. The molecule has 3 rings (SSSR count). The number of imidazole rings is 1. The molecule has 1 fully saturated rings. The number of rotatable bonds is 2. The summed E-state index contributed by atoms with van der Waals surface area (Å²) in [4.78, 5) is 4.52. The molecule has 1 atom stereocenters. The minimum absolute atomic E-state index is 0.214. The van der Waals surface area contributed by atoms with Gasteiger partial charge in [0.05, 0.1) is 22.6 Å². The van der Waals surface area contributed by atoms with E-state index in [2.05, 4.69) is 11.9 Å². The van der Waals surface area contributed by atoms with Crippen molar-refractivity contribution in [3.8, 4) is 0 Å². The van der Waals surface area contributed by atoms with Crippen molar-refractivity contribution in [1.29, 1.82) is 0 Å². The topological polar surface area (TPSA) is 87.2 Å². The summed E-state index contributed by atoms with van der Waals surface area (Å²) in [5.41, 5.74) is 6.96. The lowest BCUT2D eigenvalue weighted by Gasteiger charge is -2.35. The lowest BCUT2D eigenvalue weighted by molar-refractivity contribution is 0.0124. The Morgan fingerprint density at radius 1 is 1.43 bits per heavy atom. The Balaban J connectivity index is 2.28. The highest BCUT2D eigenvalue weighted by Crippen LogP contribution is 2.35. The summed E-state index contributed by atoms with van der Waals surface area (Å²) in [6.07, 6.45) is 3.05. The van der Waals surface area contributed by atoms with Crippen molar-refractivity contribution in [2.45, 2.75) is 30.2 Å². The Hall–Kier alpha value is -1.60. The molecular formula is C14H19N3O3S. The van der Waals surface area contributed by atoms with Crippen molar-refractivity contribution < 1.29 is 13.2 Å². The van der Waals surface area contributed by atoms with E-state index in [1.807, 2.05) is 10.6 Å². The molecule has 0 saturated carbocycles. The first kappa shape index (κ1) is 14.3. The van der Waals surface area contributed by atoms with Gasteiger partial charge in [-0.2, -0.15) is 0 Å². The van der Waals surface area contributed by atoms with Gasteiger partial charge < -0.3 is 15.0 Å². The minimum atomic E-state index is -3.35. The van der Waals surface area contributed by atoms with Gasteiger partial charge in [0, 0.05) is 12.9 Å². The van der Waals surface area contributed by atoms with Crippen molar-refractivity contribution in [1.82, 2.24) is 9.55 Å². The number of hydrogen-bond donors (Lipinski definition) is 1. The van der Waals surface area contributed by atoms with Crippen molar-refractivity contribution in [2.75, 3.05) is 25.2 Å². The number of ether oxygens (including phenoxy) is 1. The maximum atomic E-state index is 11.9. The number of fused-ring (bicyclic) bond motifs is 1. The van der Waals surface area contributed by atoms with Gasteiger partial charge in [-0.3, -0.25) is 0 Å². The summed E-state index contributed by atoms with van der Waals surface area (Å²) in [7, 11) is -3.35. The smallest absolute Gasteiger partial charge is 0.201 e. The molecule has 2 heterocycles. The molecular weight excluding hydrogens is 290 g/mol. The third-order valence-electron chi connectivity index (χ3n) is 4.03. The van der Waals surface area contributed by atoms with Crippen LogP contribution in [0.15, 0.2) is 23.1 Å². The maximum absolute atomic E-state index is 11.9. The van der Waals surface area contributed by atoms with Gasteiger partial charge in [0.15, 0.2) is 9.84 Å². The highest BCUT2D eigenvalue weighted by atomic mass is 32.2. The number of nitrogen functional groups attached to an aromatic ring is 1.